The number of hydrogen-bond acceptors (Lipinski definition) is 3. The largest absolute Gasteiger partial charge is 0.338 e. The van der Waals surface area contributed by atoms with Gasteiger partial charge in [-0.3, -0.25) is 9.20 Å². The van der Waals surface area contributed by atoms with Gasteiger partial charge in [-0.1, -0.05) is 44.4 Å². The van der Waals surface area contributed by atoms with E-state index in [9.17, 15) is 4.79 Å². The second kappa shape index (κ2) is 9.24. The maximum Gasteiger partial charge on any atom is 0.246 e. The summed E-state index contributed by atoms with van der Waals surface area (Å²) in [6, 6.07) is 7.74. The number of nitriles is 1. The van der Waals surface area contributed by atoms with Gasteiger partial charge in [-0.2, -0.15) is 5.26 Å². The third-order valence-corrected chi connectivity index (χ3v) is 4.62. The fourth-order valence-corrected chi connectivity index (χ4v) is 2.97. The summed E-state index contributed by atoms with van der Waals surface area (Å²) in [6.07, 6.45) is 7.41. The zero-order chi connectivity index (χ0) is 18.2. The van der Waals surface area contributed by atoms with Crippen LogP contribution in [0.25, 0.3) is 11.7 Å². The summed E-state index contributed by atoms with van der Waals surface area (Å²) in [4.78, 5) is 18.6. The van der Waals surface area contributed by atoms with Crippen molar-refractivity contribution in [2.45, 2.75) is 33.1 Å². The van der Waals surface area contributed by atoms with Crippen LogP contribution in [0.3, 0.4) is 0 Å². The van der Waals surface area contributed by atoms with E-state index in [1.54, 1.807) is 11.0 Å². The van der Waals surface area contributed by atoms with Crippen molar-refractivity contribution < 1.29 is 4.79 Å². The zero-order valence-corrected chi connectivity index (χ0v) is 15.4. The topological polar surface area (TPSA) is 61.4 Å². The van der Waals surface area contributed by atoms with Gasteiger partial charge in [-0.15, -0.1) is 0 Å². The number of amides is 1. The summed E-state index contributed by atoms with van der Waals surface area (Å²) in [5, 5.41) is 9.21. The number of halogens is 1. The highest BCUT2D eigenvalue weighted by Crippen LogP contribution is 2.19. The van der Waals surface area contributed by atoms with Gasteiger partial charge in [0.2, 0.25) is 5.91 Å². The Hall–Kier alpha value is -2.32. The van der Waals surface area contributed by atoms with Gasteiger partial charge < -0.3 is 4.90 Å². The van der Waals surface area contributed by atoms with Crippen molar-refractivity contribution in [3.8, 4) is 6.07 Å². The Morgan fingerprint density at radius 2 is 2.20 bits per heavy atom. The van der Waals surface area contributed by atoms with Crippen LogP contribution in [0.2, 0.25) is 5.15 Å². The lowest BCUT2D eigenvalue weighted by molar-refractivity contribution is -0.126. The van der Waals surface area contributed by atoms with Gasteiger partial charge in [-0.25, -0.2) is 4.98 Å². The summed E-state index contributed by atoms with van der Waals surface area (Å²) in [5.74, 6) is 0.333. The molecule has 1 amide bonds. The van der Waals surface area contributed by atoms with Crippen LogP contribution in [0.5, 0.6) is 0 Å². The molecule has 0 saturated heterocycles. The molecule has 0 aliphatic heterocycles. The quantitative estimate of drug-likeness (QED) is 0.665. The number of carbonyl (C=O) groups excluding carboxylic acids is 1. The van der Waals surface area contributed by atoms with E-state index in [0.717, 1.165) is 18.5 Å². The maximum absolute atomic E-state index is 12.6. The molecule has 2 rings (SSSR count). The van der Waals surface area contributed by atoms with Crippen molar-refractivity contribution in [2.75, 3.05) is 13.1 Å². The lowest BCUT2D eigenvalue weighted by Crippen LogP contribution is -2.34. The van der Waals surface area contributed by atoms with Crippen molar-refractivity contribution in [3.63, 3.8) is 0 Å². The van der Waals surface area contributed by atoms with E-state index in [2.05, 4.69) is 24.9 Å². The first kappa shape index (κ1) is 19.0. The van der Waals surface area contributed by atoms with Crippen LogP contribution in [0.15, 0.2) is 30.5 Å². The minimum Gasteiger partial charge on any atom is -0.338 e. The van der Waals surface area contributed by atoms with Crippen LogP contribution in [0.1, 0.15) is 38.8 Å². The highest BCUT2D eigenvalue weighted by atomic mass is 35.5. The third kappa shape index (κ3) is 4.83. The molecule has 2 heterocycles. The van der Waals surface area contributed by atoms with Crippen molar-refractivity contribution in [2.24, 2.45) is 5.92 Å². The minimum absolute atomic E-state index is 0.107. The number of imidazole rings is 1. The fraction of sp³-hybridized carbons (Fsp3) is 0.421. The van der Waals surface area contributed by atoms with Crippen LogP contribution in [0.4, 0.5) is 0 Å². The molecule has 0 fully saturated rings. The average Bonchev–Trinajstić information content (AvgIpc) is 2.95. The number of fused-ring (bicyclic) bond motifs is 1. The van der Waals surface area contributed by atoms with Gasteiger partial charge in [0.1, 0.15) is 5.65 Å². The Kier molecular flexibility index (Phi) is 7.03. The summed E-state index contributed by atoms with van der Waals surface area (Å²) in [6.45, 7) is 5.35. The predicted octanol–water partition coefficient (Wildman–Crippen LogP) is 4.18. The summed E-state index contributed by atoms with van der Waals surface area (Å²) >= 11 is 6.19. The minimum atomic E-state index is -0.107. The van der Waals surface area contributed by atoms with E-state index in [1.165, 1.54) is 6.08 Å². The normalized spacial score (nSPS) is 11.3. The van der Waals surface area contributed by atoms with E-state index in [-0.39, 0.29) is 5.91 Å². The van der Waals surface area contributed by atoms with Crippen molar-refractivity contribution >= 4 is 29.2 Å². The number of pyridine rings is 1. The first-order chi connectivity index (χ1) is 12.1. The van der Waals surface area contributed by atoms with Gasteiger partial charge in [0.05, 0.1) is 18.2 Å². The van der Waals surface area contributed by atoms with Crippen LogP contribution < -0.4 is 0 Å². The molecule has 5 nitrogen and oxygen atoms in total. The zero-order valence-electron chi connectivity index (χ0n) is 14.7. The van der Waals surface area contributed by atoms with Gasteiger partial charge in [0.25, 0.3) is 0 Å². The van der Waals surface area contributed by atoms with E-state index in [4.69, 9.17) is 16.9 Å². The Balaban J connectivity index is 2.19. The predicted molar refractivity (Wildman–Crippen MR) is 100 cm³/mol. The second-order valence-electron chi connectivity index (χ2n) is 5.92. The molecule has 0 saturated carbocycles. The third-order valence-electron chi connectivity index (χ3n) is 4.34. The molecule has 132 valence electrons. The van der Waals surface area contributed by atoms with Gasteiger partial charge in [0.15, 0.2) is 5.15 Å². The van der Waals surface area contributed by atoms with Crippen molar-refractivity contribution in [1.82, 2.24) is 14.3 Å². The number of carbonyl (C=O) groups is 1. The molecule has 25 heavy (non-hydrogen) atoms. The molecular weight excluding hydrogens is 336 g/mol. The molecule has 0 bridgehead atoms. The van der Waals surface area contributed by atoms with Crippen LogP contribution in [0, 0.1) is 17.2 Å². The number of hydrogen-bond donors (Lipinski definition) is 0. The molecule has 0 aliphatic carbocycles. The molecule has 6 heteroatoms. The lowest BCUT2D eigenvalue weighted by atomic mass is 10.0. The Labute approximate surface area is 153 Å². The Bertz CT molecular complexity index is 786. The van der Waals surface area contributed by atoms with E-state index >= 15 is 0 Å². The smallest absolute Gasteiger partial charge is 0.246 e. The van der Waals surface area contributed by atoms with Crippen LogP contribution >= 0.6 is 11.6 Å². The van der Waals surface area contributed by atoms with E-state index in [0.29, 0.717) is 36.3 Å². The standard InChI is InChI=1S/C19H23ClN4O/c1-3-15(4-2)14-23(12-7-11-21)18(25)10-9-16-19(20)22-17-8-5-6-13-24(16)17/h5-6,8-10,13,15H,3-4,7,12,14H2,1-2H3. The average molecular weight is 359 g/mol. The number of aromatic nitrogens is 2. The summed E-state index contributed by atoms with van der Waals surface area (Å²) in [5.41, 5.74) is 1.41. The van der Waals surface area contributed by atoms with E-state index < -0.39 is 0 Å². The second-order valence-corrected chi connectivity index (χ2v) is 6.28. The molecule has 0 radical (unpaired) electrons. The lowest BCUT2D eigenvalue weighted by Gasteiger charge is -2.24. The van der Waals surface area contributed by atoms with Gasteiger partial charge in [-0.05, 0) is 24.1 Å². The Morgan fingerprint density at radius 1 is 1.44 bits per heavy atom. The van der Waals surface area contributed by atoms with Crippen molar-refractivity contribution in [1.29, 1.82) is 5.26 Å². The molecule has 2 aromatic heterocycles. The van der Waals surface area contributed by atoms with Crippen LogP contribution in [-0.4, -0.2) is 33.3 Å². The molecule has 0 atom stereocenters. The van der Waals surface area contributed by atoms with Gasteiger partial charge >= 0.3 is 0 Å². The van der Waals surface area contributed by atoms with E-state index in [1.807, 2.05) is 28.8 Å². The highest BCUT2D eigenvalue weighted by Gasteiger charge is 2.15. The summed E-state index contributed by atoms with van der Waals surface area (Å²) in [7, 11) is 0. The molecule has 0 N–H and O–H groups in total. The summed E-state index contributed by atoms with van der Waals surface area (Å²) < 4.78 is 1.84. The monoisotopic (exact) mass is 358 g/mol. The first-order valence-electron chi connectivity index (χ1n) is 8.57. The Morgan fingerprint density at radius 3 is 2.88 bits per heavy atom. The molecular formula is C19H23ClN4O. The SMILES string of the molecule is CCC(CC)CN(CCC#N)C(=O)C=Cc1c(Cl)nc2ccccn12. The molecule has 0 unspecified atom stereocenters. The molecule has 0 aromatic carbocycles. The highest BCUT2D eigenvalue weighted by molar-refractivity contribution is 6.31. The van der Waals surface area contributed by atoms with Crippen molar-refractivity contribution in [3.05, 3.63) is 41.3 Å². The molecule has 0 aliphatic rings. The molecule has 2 aromatic rings. The van der Waals surface area contributed by atoms with Crippen LogP contribution in [-0.2, 0) is 4.79 Å². The number of rotatable bonds is 8. The number of nitrogens with zero attached hydrogens (tertiary/aromatic N) is 4. The molecule has 0 spiro atoms. The van der Waals surface area contributed by atoms with Gasteiger partial charge in [0, 0.05) is 25.4 Å². The first-order valence-corrected chi connectivity index (χ1v) is 8.95. The maximum atomic E-state index is 12.6. The fourth-order valence-electron chi connectivity index (χ4n) is 2.73.